The molecule has 1 fully saturated rings. The monoisotopic (exact) mass is 366 g/mol. The Morgan fingerprint density at radius 1 is 1.41 bits per heavy atom. The molecule has 0 radical (unpaired) electrons. The fraction of sp³-hybridized carbons (Fsp3) is 0.529. The van der Waals surface area contributed by atoms with Gasteiger partial charge in [-0.2, -0.15) is 0 Å². The number of carbonyl (C=O) groups is 2. The Hall–Kier alpha value is -1.36. The summed E-state index contributed by atoms with van der Waals surface area (Å²) in [7, 11) is 0. The number of halogens is 1. The lowest BCUT2D eigenvalue weighted by Gasteiger charge is -2.11. The van der Waals surface area contributed by atoms with Gasteiger partial charge in [-0.05, 0) is 43.4 Å². The Labute approximate surface area is 140 Å². The Morgan fingerprint density at radius 2 is 2.18 bits per heavy atom. The fourth-order valence-corrected chi connectivity index (χ4v) is 2.89. The lowest BCUT2D eigenvalue weighted by molar-refractivity contribution is -0.123. The maximum absolute atomic E-state index is 12.1. The van der Waals surface area contributed by atoms with E-state index in [1.807, 2.05) is 26.0 Å². The topological polar surface area (TPSA) is 58.2 Å². The number of hydrogen-bond donors (Lipinski definition) is 2. The number of nitrogens with one attached hydrogen (secondary N) is 2. The minimum absolute atomic E-state index is 0.00557. The van der Waals surface area contributed by atoms with Crippen LogP contribution in [0.15, 0.2) is 28.7 Å². The molecule has 3 atom stereocenters. The Kier molecular flexibility index (Phi) is 6.00. The maximum atomic E-state index is 12.1. The van der Waals surface area contributed by atoms with E-state index in [2.05, 4.69) is 38.7 Å². The third kappa shape index (κ3) is 4.83. The number of carbonyl (C=O) groups excluding carboxylic acids is 2. The molecular formula is C17H23BrN2O2. The average Bonchev–Trinajstić information content (AvgIpc) is 3.27. The predicted octanol–water partition coefficient (Wildman–Crippen LogP) is 2.97. The molecule has 1 aromatic rings. The molecule has 1 aliphatic carbocycles. The Bertz CT molecular complexity index is 547. The standard InChI is InChI=1S/C17H23BrN2O2/c1-3-11(2)20-16(21)7-8-19-17(22)15-10-14(15)12-5-4-6-13(18)9-12/h4-6,9,11,14-15H,3,7-8,10H2,1-2H3,(H,19,22)(H,20,21). The van der Waals surface area contributed by atoms with Gasteiger partial charge >= 0.3 is 0 Å². The largest absolute Gasteiger partial charge is 0.355 e. The van der Waals surface area contributed by atoms with Crippen LogP contribution in [0.2, 0.25) is 0 Å². The zero-order valence-electron chi connectivity index (χ0n) is 13.1. The molecule has 1 aliphatic rings. The van der Waals surface area contributed by atoms with E-state index in [0.717, 1.165) is 17.3 Å². The number of benzene rings is 1. The molecule has 0 aromatic heterocycles. The van der Waals surface area contributed by atoms with Crippen molar-refractivity contribution in [1.82, 2.24) is 10.6 Å². The van der Waals surface area contributed by atoms with Gasteiger partial charge in [0.25, 0.3) is 0 Å². The second-order valence-electron chi connectivity index (χ2n) is 5.92. The van der Waals surface area contributed by atoms with Crippen molar-refractivity contribution in [2.45, 2.75) is 45.1 Å². The molecule has 0 aliphatic heterocycles. The lowest BCUT2D eigenvalue weighted by atomic mass is 10.1. The first-order chi connectivity index (χ1) is 10.5. The third-order valence-electron chi connectivity index (χ3n) is 4.08. The van der Waals surface area contributed by atoms with Gasteiger partial charge in [-0.1, -0.05) is 35.0 Å². The van der Waals surface area contributed by atoms with Gasteiger partial charge in [-0.3, -0.25) is 9.59 Å². The summed E-state index contributed by atoms with van der Waals surface area (Å²) in [5.41, 5.74) is 1.20. The maximum Gasteiger partial charge on any atom is 0.223 e. The van der Waals surface area contributed by atoms with E-state index in [0.29, 0.717) is 18.9 Å². The van der Waals surface area contributed by atoms with Crippen LogP contribution in [0.3, 0.4) is 0 Å². The molecule has 120 valence electrons. The molecule has 0 spiro atoms. The molecule has 1 aromatic carbocycles. The minimum atomic E-state index is -0.00557. The highest BCUT2D eigenvalue weighted by Gasteiger charge is 2.43. The third-order valence-corrected chi connectivity index (χ3v) is 4.57. The van der Waals surface area contributed by atoms with Gasteiger partial charge in [0.1, 0.15) is 0 Å². The number of hydrogen-bond acceptors (Lipinski definition) is 2. The second-order valence-corrected chi connectivity index (χ2v) is 6.84. The van der Waals surface area contributed by atoms with E-state index in [-0.39, 0.29) is 23.8 Å². The summed E-state index contributed by atoms with van der Waals surface area (Å²) in [6.45, 7) is 4.41. The summed E-state index contributed by atoms with van der Waals surface area (Å²) in [5, 5.41) is 5.76. The van der Waals surface area contributed by atoms with E-state index < -0.39 is 0 Å². The highest BCUT2D eigenvalue weighted by Crippen LogP contribution is 2.47. The van der Waals surface area contributed by atoms with Gasteiger partial charge in [0.05, 0.1) is 0 Å². The molecule has 2 N–H and O–H groups in total. The molecule has 2 rings (SSSR count). The van der Waals surface area contributed by atoms with Crippen molar-refractivity contribution in [2.24, 2.45) is 5.92 Å². The van der Waals surface area contributed by atoms with Crippen LogP contribution in [0.1, 0.15) is 44.6 Å². The van der Waals surface area contributed by atoms with Crippen molar-refractivity contribution in [3.05, 3.63) is 34.3 Å². The van der Waals surface area contributed by atoms with E-state index in [1.165, 1.54) is 5.56 Å². The fourth-order valence-electron chi connectivity index (χ4n) is 2.47. The zero-order chi connectivity index (χ0) is 16.1. The normalized spacial score (nSPS) is 21.0. The van der Waals surface area contributed by atoms with Crippen LogP contribution in [0, 0.1) is 5.92 Å². The van der Waals surface area contributed by atoms with Gasteiger partial charge in [-0.15, -0.1) is 0 Å². The molecule has 0 heterocycles. The summed E-state index contributed by atoms with van der Waals surface area (Å²) in [4.78, 5) is 23.7. The van der Waals surface area contributed by atoms with Crippen molar-refractivity contribution >= 4 is 27.7 Å². The predicted molar refractivity (Wildman–Crippen MR) is 90.5 cm³/mol. The summed E-state index contributed by atoms with van der Waals surface area (Å²) >= 11 is 3.45. The van der Waals surface area contributed by atoms with Gasteiger partial charge in [0, 0.05) is 29.4 Å². The number of amides is 2. The van der Waals surface area contributed by atoms with Gasteiger partial charge < -0.3 is 10.6 Å². The zero-order valence-corrected chi connectivity index (χ0v) is 14.7. The summed E-state index contributed by atoms with van der Waals surface area (Å²) < 4.78 is 1.04. The summed E-state index contributed by atoms with van der Waals surface area (Å²) in [5.74, 6) is 0.411. The van der Waals surface area contributed by atoms with Gasteiger partial charge in [0.2, 0.25) is 11.8 Å². The molecule has 2 amide bonds. The van der Waals surface area contributed by atoms with Gasteiger partial charge in [0.15, 0.2) is 0 Å². The van der Waals surface area contributed by atoms with Crippen molar-refractivity contribution in [3.63, 3.8) is 0 Å². The highest BCUT2D eigenvalue weighted by molar-refractivity contribution is 9.10. The molecule has 0 bridgehead atoms. The molecule has 4 nitrogen and oxygen atoms in total. The number of rotatable bonds is 7. The average molecular weight is 367 g/mol. The molecule has 5 heteroatoms. The van der Waals surface area contributed by atoms with Crippen LogP contribution < -0.4 is 10.6 Å². The van der Waals surface area contributed by atoms with Crippen molar-refractivity contribution in [1.29, 1.82) is 0 Å². The van der Waals surface area contributed by atoms with Crippen LogP contribution in [0.5, 0.6) is 0 Å². The smallest absolute Gasteiger partial charge is 0.223 e. The lowest BCUT2D eigenvalue weighted by Crippen LogP contribution is -2.35. The van der Waals surface area contributed by atoms with E-state index >= 15 is 0 Å². The quantitative estimate of drug-likeness (QED) is 0.779. The first kappa shape index (κ1) is 17.0. The van der Waals surface area contributed by atoms with E-state index in [9.17, 15) is 9.59 Å². The summed E-state index contributed by atoms with van der Waals surface area (Å²) in [6.07, 6.45) is 2.14. The van der Waals surface area contributed by atoms with Gasteiger partial charge in [-0.25, -0.2) is 0 Å². The van der Waals surface area contributed by atoms with Crippen LogP contribution in [0.25, 0.3) is 0 Å². The first-order valence-electron chi connectivity index (χ1n) is 7.83. The van der Waals surface area contributed by atoms with Crippen molar-refractivity contribution < 1.29 is 9.59 Å². The van der Waals surface area contributed by atoms with E-state index in [4.69, 9.17) is 0 Å². The highest BCUT2D eigenvalue weighted by atomic mass is 79.9. The molecule has 0 saturated heterocycles. The molecular weight excluding hydrogens is 344 g/mol. The Morgan fingerprint density at radius 3 is 2.86 bits per heavy atom. The van der Waals surface area contributed by atoms with E-state index in [1.54, 1.807) is 0 Å². The van der Waals surface area contributed by atoms with Crippen LogP contribution in [0.4, 0.5) is 0 Å². The summed E-state index contributed by atoms with van der Waals surface area (Å²) in [6, 6.07) is 8.29. The van der Waals surface area contributed by atoms with Crippen LogP contribution in [-0.4, -0.2) is 24.4 Å². The van der Waals surface area contributed by atoms with Crippen LogP contribution >= 0.6 is 15.9 Å². The second kappa shape index (κ2) is 7.77. The SMILES string of the molecule is CCC(C)NC(=O)CCNC(=O)C1CC1c1cccc(Br)c1. The van der Waals surface area contributed by atoms with Crippen molar-refractivity contribution in [2.75, 3.05) is 6.54 Å². The van der Waals surface area contributed by atoms with Crippen molar-refractivity contribution in [3.8, 4) is 0 Å². The van der Waals surface area contributed by atoms with Crippen LogP contribution in [-0.2, 0) is 9.59 Å². The first-order valence-corrected chi connectivity index (χ1v) is 8.63. The molecule has 22 heavy (non-hydrogen) atoms. The molecule has 3 unspecified atom stereocenters. The Balaban J connectivity index is 1.70. The molecule has 1 saturated carbocycles. The minimum Gasteiger partial charge on any atom is -0.355 e.